The van der Waals surface area contributed by atoms with Crippen molar-refractivity contribution in [2.75, 3.05) is 19.8 Å². The number of benzene rings is 2. The van der Waals surface area contributed by atoms with Crippen LogP contribution < -0.4 is 15.5 Å². The van der Waals surface area contributed by atoms with Crippen LogP contribution in [0.3, 0.4) is 0 Å². The third kappa shape index (κ3) is 7.67. The molecule has 2 aromatic carbocycles. The van der Waals surface area contributed by atoms with Crippen molar-refractivity contribution in [1.29, 1.82) is 0 Å². The highest BCUT2D eigenvalue weighted by molar-refractivity contribution is 5.82. The van der Waals surface area contributed by atoms with Crippen molar-refractivity contribution in [1.82, 2.24) is 10.7 Å². The summed E-state index contributed by atoms with van der Waals surface area (Å²) in [7, 11) is 0. The first kappa shape index (κ1) is 21.5. The van der Waals surface area contributed by atoms with Crippen molar-refractivity contribution in [3.8, 4) is 5.75 Å². The Balaban J connectivity index is 1.33. The van der Waals surface area contributed by atoms with Crippen LogP contribution in [0, 0.1) is 0 Å². The number of nitrogens with zero attached hydrogens (tertiary/aromatic N) is 1. The molecule has 0 spiro atoms. The zero-order valence-corrected chi connectivity index (χ0v) is 16.9. The van der Waals surface area contributed by atoms with Crippen LogP contribution in [-0.2, 0) is 20.7 Å². The van der Waals surface area contributed by atoms with Gasteiger partial charge in [-0.3, -0.25) is 9.59 Å². The zero-order valence-electron chi connectivity index (χ0n) is 16.9. The van der Waals surface area contributed by atoms with E-state index < -0.39 is 0 Å². The number of hydrogen-bond acceptors (Lipinski definition) is 5. The van der Waals surface area contributed by atoms with E-state index in [1.54, 1.807) is 30.5 Å². The molecule has 3 rings (SSSR count). The normalized spacial score (nSPS) is 15.8. The lowest BCUT2D eigenvalue weighted by atomic mass is 10.1. The van der Waals surface area contributed by atoms with E-state index >= 15 is 0 Å². The predicted molar refractivity (Wildman–Crippen MR) is 114 cm³/mol. The second-order valence-corrected chi connectivity index (χ2v) is 7.08. The molecule has 0 saturated carbocycles. The van der Waals surface area contributed by atoms with Crippen LogP contribution in [0.4, 0.5) is 0 Å². The second kappa shape index (κ2) is 11.7. The molecule has 7 heteroatoms. The van der Waals surface area contributed by atoms with E-state index in [1.165, 1.54) is 0 Å². The average molecular weight is 409 g/mol. The first-order valence-electron chi connectivity index (χ1n) is 10.2. The Morgan fingerprint density at radius 1 is 1.10 bits per heavy atom. The minimum Gasteiger partial charge on any atom is -0.484 e. The Morgan fingerprint density at radius 2 is 1.90 bits per heavy atom. The summed E-state index contributed by atoms with van der Waals surface area (Å²) >= 11 is 0. The molecule has 0 aromatic heterocycles. The van der Waals surface area contributed by atoms with E-state index in [2.05, 4.69) is 15.8 Å². The Hall–Kier alpha value is -3.19. The summed E-state index contributed by atoms with van der Waals surface area (Å²) in [6.45, 7) is 1.25. The van der Waals surface area contributed by atoms with Gasteiger partial charge in [-0.1, -0.05) is 30.3 Å². The highest BCUT2D eigenvalue weighted by Crippen LogP contribution is 2.12. The third-order valence-electron chi connectivity index (χ3n) is 4.69. The number of ether oxygens (including phenoxy) is 2. The molecule has 1 saturated heterocycles. The van der Waals surface area contributed by atoms with Crippen molar-refractivity contribution < 1.29 is 19.1 Å². The van der Waals surface area contributed by atoms with Gasteiger partial charge in [-0.15, -0.1) is 0 Å². The SMILES string of the molecule is O=C(COc1ccc(/C=N\NC(=O)CCc2ccccc2)cc1)NC[C@@H]1CCCO1. The first-order valence-corrected chi connectivity index (χ1v) is 10.2. The van der Waals surface area contributed by atoms with Gasteiger partial charge in [-0.25, -0.2) is 5.43 Å². The van der Waals surface area contributed by atoms with E-state index in [-0.39, 0.29) is 24.5 Å². The number of carbonyl (C=O) groups is 2. The monoisotopic (exact) mass is 409 g/mol. The van der Waals surface area contributed by atoms with E-state index in [1.807, 2.05) is 30.3 Å². The van der Waals surface area contributed by atoms with E-state index in [0.717, 1.165) is 30.6 Å². The summed E-state index contributed by atoms with van der Waals surface area (Å²) in [5.74, 6) is 0.282. The van der Waals surface area contributed by atoms with Crippen molar-refractivity contribution >= 4 is 18.0 Å². The Bertz CT molecular complexity index is 831. The molecule has 0 bridgehead atoms. The molecule has 1 aliphatic rings. The summed E-state index contributed by atoms with van der Waals surface area (Å²) in [5, 5.41) is 6.79. The largest absolute Gasteiger partial charge is 0.484 e. The summed E-state index contributed by atoms with van der Waals surface area (Å²) in [5.41, 5.74) is 4.46. The lowest BCUT2D eigenvalue weighted by Gasteiger charge is -2.11. The molecule has 2 N–H and O–H groups in total. The van der Waals surface area contributed by atoms with Gasteiger partial charge < -0.3 is 14.8 Å². The van der Waals surface area contributed by atoms with Gasteiger partial charge in [0.15, 0.2) is 6.61 Å². The number of carbonyl (C=O) groups excluding carboxylic acids is 2. The van der Waals surface area contributed by atoms with Gasteiger partial charge in [-0.05, 0) is 54.7 Å². The standard InChI is InChI=1S/C23H27N3O4/c27-22(13-10-18-5-2-1-3-6-18)26-25-15-19-8-11-20(12-9-19)30-17-23(28)24-16-21-7-4-14-29-21/h1-3,5-6,8-9,11-12,15,21H,4,7,10,13-14,16-17H2,(H,24,28)(H,26,27)/b25-15-/t21-/m0/s1. The molecule has 2 aromatic rings. The predicted octanol–water partition coefficient (Wildman–Crippen LogP) is 2.44. The van der Waals surface area contributed by atoms with Crippen LogP contribution in [0.5, 0.6) is 5.75 Å². The minimum atomic E-state index is -0.172. The van der Waals surface area contributed by atoms with E-state index in [4.69, 9.17) is 9.47 Å². The topological polar surface area (TPSA) is 89.0 Å². The Morgan fingerprint density at radius 3 is 2.63 bits per heavy atom. The quantitative estimate of drug-likeness (QED) is 0.466. The molecule has 1 heterocycles. The van der Waals surface area contributed by atoms with Crippen LogP contribution in [0.2, 0.25) is 0 Å². The molecule has 2 amide bonds. The molecule has 0 radical (unpaired) electrons. The Kier molecular flexibility index (Phi) is 8.41. The van der Waals surface area contributed by atoms with Gasteiger partial charge in [-0.2, -0.15) is 5.10 Å². The maximum Gasteiger partial charge on any atom is 0.258 e. The number of nitrogens with one attached hydrogen (secondary N) is 2. The lowest BCUT2D eigenvalue weighted by molar-refractivity contribution is -0.123. The molecule has 1 fully saturated rings. The van der Waals surface area contributed by atoms with Crippen molar-refractivity contribution in [3.63, 3.8) is 0 Å². The smallest absolute Gasteiger partial charge is 0.258 e. The lowest BCUT2D eigenvalue weighted by Crippen LogP contribution is -2.35. The summed E-state index contributed by atoms with van der Waals surface area (Å²) < 4.78 is 11.0. The number of amides is 2. The molecule has 30 heavy (non-hydrogen) atoms. The maximum absolute atomic E-state index is 11.9. The molecular formula is C23H27N3O4. The molecule has 0 aliphatic carbocycles. The van der Waals surface area contributed by atoms with Gasteiger partial charge in [0.2, 0.25) is 5.91 Å². The van der Waals surface area contributed by atoms with Crippen molar-refractivity contribution in [2.24, 2.45) is 5.10 Å². The summed E-state index contributed by atoms with van der Waals surface area (Å²) in [6.07, 6.45) is 4.77. The van der Waals surface area contributed by atoms with Gasteiger partial charge in [0, 0.05) is 19.6 Å². The van der Waals surface area contributed by atoms with Crippen LogP contribution in [0.1, 0.15) is 30.4 Å². The van der Waals surface area contributed by atoms with Crippen LogP contribution in [0.25, 0.3) is 0 Å². The molecule has 1 atom stereocenters. The number of hydrogen-bond donors (Lipinski definition) is 2. The second-order valence-electron chi connectivity index (χ2n) is 7.08. The fourth-order valence-corrected chi connectivity index (χ4v) is 3.02. The van der Waals surface area contributed by atoms with E-state index in [9.17, 15) is 9.59 Å². The van der Waals surface area contributed by atoms with Crippen molar-refractivity contribution in [3.05, 3.63) is 65.7 Å². The maximum atomic E-state index is 11.9. The fourth-order valence-electron chi connectivity index (χ4n) is 3.02. The number of hydrazone groups is 1. The van der Waals surface area contributed by atoms with Gasteiger partial charge in [0.25, 0.3) is 5.91 Å². The molecule has 1 aliphatic heterocycles. The van der Waals surface area contributed by atoms with Gasteiger partial charge in [0.1, 0.15) is 5.75 Å². The molecule has 7 nitrogen and oxygen atoms in total. The molecule has 158 valence electrons. The van der Waals surface area contributed by atoms with Gasteiger partial charge >= 0.3 is 0 Å². The summed E-state index contributed by atoms with van der Waals surface area (Å²) in [6, 6.07) is 17.0. The van der Waals surface area contributed by atoms with Crippen molar-refractivity contribution in [2.45, 2.75) is 31.8 Å². The minimum absolute atomic E-state index is 0.0440. The number of rotatable bonds is 10. The Labute approximate surface area is 176 Å². The number of aryl methyl sites for hydroxylation is 1. The molecule has 0 unspecified atom stereocenters. The highest BCUT2D eigenvalue weighted by atomic mass is 16.5. The highest BCUT2D eigenvalue weighted by Gasteiger charge is 2.16. The van der Waals surface area contributed by atoms with Crippen LogP contribution in [0.15, 0.2) is 59.7 Å². The van der Waals surface area contributed by atoms with Gasteiger partial charge in [0.05, 0.1) is 12.3 Å². The van der Waals surface area contributed by atoms with Crippen LogP contribution >= 0.6 is 0 Å². The molecular weight excluding hydrogens is 382 g/mol. The summed E-state index contributed by atoms with van der Waals surface area (Å²) in [4.78, 5) is 23.7. The fraction of sp³-hybridized carbons (Fsp3) is 0.348. The first-order chi connectivity index (χ1) is 14.7. The average Bonchev–Trinajstić information content (AvgIpc) is 3.30. The van der Waals surface area contributed by atoms with Crippen LogP contribution in [-0.4, -0.2) is 43.9 Å². The van der Waals surface area contributed by atoms with E-state index in [0.29, 0.717) is 25.1 Å². The zero-order chi connectivity index (χ0) is 21.0. The third-order valence-corrected chi connectivity index (χ3v) is 4.69.